The van der Waals surface area contributed by atoms with E-state index in [0.717, 1.165) is 6.26 Å². The Kier molecular flexibility index (Phi) is 6.55. The Morgan fingerprint density at radius 1 is 1.23 bits per heavy atom. The molecule has 3 N–H and O–H groups in total. The highest BCUT2D eigenvalue weighted by molar-refractivity contribution is 7.90. The van der Waals surface area contributed by atoms with Crippen LogP contribution in [-0.2, 0) is 19.4 Å². The number of carbonyl (C=O) groups excluding carboxylic acids is 2. The van der Waals surface area contributed by atoms with Gasteiger partial charge < -0.3 is 15.8 Å². The maximum atomic E-state index is 11.8. The van der Waals surface area contributed by atoms with Crippen LogP contribution in [-0.4, -0.2) is 39.2 Å². The molecule has 0 radical (unpaired) electrons. The number of amides is 1. The number of hydrogen-bond acceptors (Lipinski definition) is 6. The number of nitrogens with two attached hydrogens (primary N) is 1. The van der Waals surface area contributed by atoms with Crippen LogP contribution in [0.4, 0.5) is 5.69 Å². The number of benzene rings is 1. The molecule has 0 aliphatic carbocycles. The second kappa shape index (κ2) is 7.08. The second-order valence-corrected chi connectivity index (χ2v) is 7.20. The minimum Gasteiger partial charge on any atom is -0.465 e. The molecular weight excluding hydrogens is 332 g/mol. The molecule has 0 atom stereocenters. The Balaban J connectivity index is 0.00000441. The zero-order valence-electron chi connectivity index (χ0n) is 12.7. The molecule has 124 valence electrons. The van der Waals surface area contributed by atoms with E-state index < -0.39 is 27.3 Å². The largest absolute Gasteiger partial charge is 0.465 e. The molecule has 7 nitrogen and oxygen atoms in total. The second-order valence-electron chi connectivity index (χ2n) is 5.19. The van der Waals surface area contributed by atoms with Gasteiger partial charge in [0.2, 0.25) is 5.91 Å². The van der Waals surface area contributed by atoms with Gasteiger partial charge in [-0.1, -0.05) is 0 Å². The van der Waals surface area contributed by atoms with E-state index >= 15 is 0 Å². The van der Waals surface area contributed by atoms with Crippen LogP contribution in [0.25, 0.3) is 0 Å². The Morgan fingerprint density at radius 2 is 1.77 bits per heavy atom. The van der Waals surface area contributed by atoms with Crippen molar-refractivity contribution in [2.24, 2.45) is 5.73 Å². The van der Waals surface area contributed by atoms with Crippen molar-refractivity contribution in [1.29, 1.82) is 0 Å². The van der Waals surface area contributed by atoms with Gasteiger partial charge in [-0.05, 0) is 32.0 Å². The fourth-order valence-electron chi connectivity index (χ4n) is 1.41. The summed E-state index contributed by atoms with van der Waals surface area (Å²) in [6, 6.07) is 3.76. The molecule has 0 aliphatic heterocycles. The molecule has 0 bridgehead atoms. The van der Waals surface area contributed by atoms with Crippen molar-refractivity contribution in [3.05, 3.63) is 23.8 Å². The average Bonchev–Trinajstić information content (AvgIpc) is 2.35. The number of ether oxygens (including phenoxy) is 1. The van der Waals surface area contributed by atoms with Crippen LogP contribution in [0, 0.1) is 0 Å². The van der Waals surface area contributed by atoms with Crippen LogP contribution < -0.4 is 11.1 Å². The van der Waals surface area contributed by atoms with E-state index in [1.54, 1.807) is 0 Å². The summed E-state index contributed by atoms with van der Waals surface area (Å²) in [5.41, 5.74) is 4.68. The minimum atomic E-state index is -3.55. The monoisotopic (exact) mass is 350 g/mol. The van der Waals surface area contributed by atoms with Crippen LogP contribution in [0.1, 0.15) is 24.2 Å². The SMILES string of the molecule is COC(=O)c1cc(NC(=O)C(C)(C)N)cc(S(C)(=O)=O)c1.Cl. The summed E-state index contributed by atoms with van der Waals surface area (Å²) in [7, 11) is -2.37. The Bertz CT molecular complexity index is 680. The third-order valence-corrected chi connectivity index (χ3v) is 3.69. The van der Waals surface area contributed by atoms with E-state index in [0.29, 0.717) is 0 Å². The van der Waals surface area contributed by atoms with E-state index in [9.17, 15) is 18.0 Å². The predicted molar refractivity (Wildman–Crippen MR) is 85.0 cm³/mol. The van der Waals surface area contributed by atoms with Gasteiger partial charge in [-0.3, -0.25) is 4.79 Å². The Morgan fingerprint density at radius 3 is 2.18 bits per heavy atom. The summed E-state index contributed by atoms with van der Waals surface area (Å²) >= 11 is 0. The van der Waals surface area contributed by atoms with E-state index in [1.807, 2.05) is 0 Å². The van der Waals surface area contributed by atoms with Crippen molar-refractivity contribution in [1.82, 2.24) is 0 Å². The highest BCUT2D eigenvalue weighted by Gasteiger charge is 2.23. The van der Waals surface area contributed by atoms with Gasteiger partial charge in [0.1, 0.15) is 0 Å². The first-order valence-electron chi connectivity index (χ1n) is 5.99. The van der Waals surface area contributed by atoms with Crippen molar-refractivity contribution >= 4 is 39.8 Å². The standard InChI is InChI=1S/C13H18N2O5S.ClH/c1-13(2,14)12(17)15-9-5-8(11(16)20-3)6-10(7-9)21(4,18)19;/h5-7H,14H2,1-4H3,(H,15,17);1H. The number of methoxy groups -OCH3 is 1. The van der Waals surface area contributed by atoms with Gasteiger partial charge in [0.15, 0.2) is 9.84 Å². The lowest BCUT2D eigenvalue weighted by Gasteiger charge is -2.18. The zero-order chi connectivity index (χ0) is 16.4. The number of nitrogens with one attached hydrogen (secondary N) is 1. The molecule has 0 saturated carbocycles. The quantitative estimate of drug-likeness (QED) is 0.782. The van der Waals surface area contributed by atoms with Gasteiger partial charge in [0.05, 0.1) is 23.1 Å². The summed E-state index contributed by atoms with van der Waals surface area (Å²) in [6.07, 6.45) is 1.00. The number of hydrogen-bond donors (Lipinski definition) is 2. The molecule has 9 heteroatoms. The zero-order valence-corrected chi connectivity index (χ0v) is 14.3. The van der Waals surface area contributed by atoms with Crippen molar-refractivity contribution in [3.8, 4) is 0 Å². The minimum absolute atomic E-state index is 0. The third kappa shape index (κ3) is 5.28. The normalized spacial score (nSPS) is 11.3. The molecule has 1 aromatic rings. The Hall–Kier alpha value is -1.64. The molecular formula is C13H19ClN2O5S. The highest BCUT2D eigenvalue weighted by atomic mass is 35.5. The summed E-state index contributed by atoms with van der Waals surface area (Å²) in [6.45, 7) is 3.01. The molecule has 0 saturated heterocycles. The molecule has 1 rings (SSSR count). The van der Waals surface area contributed by atoms with E-state index in [4.69, 9.17) is 5.73 Å². The maximum absolute atomic E-state index is 11.8. The highest BCUT2D eigenvalue weighted by Crippen LogP contribution is 2.20. The lowest BCUT2D eigenvalue weighted by atomic mass is 10.1. The van der Waals surface area contributed by atoms with Crippen LogP contribution in [0.3, 0.4) is 0 Å². The van der Waals surface area contributed by atoms with E-state index in [-0.39, 0.29) is 28.6 Å². The van der Waals surface area contributed by atoms with E-state index in [1.165, 1.54) is 39.2 Å². The number of sulfone groups is 1. The van der Waals surface area contributed by atoms with Crippen molar-refractivity contribution in [2.75, 3.05) is 18.7 Å². The molecule has 0 unspecified atom stereocenters. The number of esters is 1. The third-order valence-electron chi connectivity index (χ3n) is 2.60. The topological polar surface area (TPSA) is 116 Å². The number of halogens is 1. The van der Waals surface area contributed by atoms with Gasteiger partial charge in [-0.15, -0.1) is 12.4 Å². The number of carbonyl (C=O) groups is 2. The van der Waals surface area contributed by atoms with Gasteiger partial charge in [-0.25, -0.2) is 13.2 Å². The fraction of sp³-hybridized carbons (Fsp3) is 0.385. The molecule has 0 heterocycles. The van der Waals surface area contributed by atoms with Crippen LogP contribution >= 0.6 is 12.4 Å². The molecule has 1 amide bonds. The first-order valence-corrected chi connectivity index (χ1v) is 7.88. The van der Waals surface area contributed by atoms with Crippen molar-refractivity contribution in [2.45, 2.75) is 24.3 Å². The summed E-state index contributed by atoms with van der Waals surface area (Å²) in [5.74, 6) is -1.22. The van der Waals surface area contributed by atoms with Crippen molar-refractivity contribution in [3.63, 3.8) is 0 Å². The van der Waals surface area contributed by atoms with Gasteiger partial charge in [0.25, 0.3) is 0 Å². The molecule has 1 aromatic carbocycles. The van der Waals surface area contributed by atoms with Crippen LogP contribution in [0.5, 0.6) is 0 Å². The molecule has 0 spiro atoms. The first kappa shape index (κ1) is 20.4. The van der Waals surface area contributed by atoms with Crippen LogP contribution in [0.15, 0.2) is 23.1 Å². The molecule has 22 heavy (non-hydrogen) atoms. The average molecular weight is 351 g/mol. The fourth-order valence-corrected chi connectivity index (χ4v) is 2.10. The predicted octanol–water partition coefficient (Wildman–Crippen LogP) is 0.974. The van der Waals surface area contributed by atoms with Gasteiger partial charge in [-0.2, -0.15) is 0 Å². The summed E-state index contributed by atoms with van der Waals surface area (Å²) in [5, 5.41) is 2.48. The Labute approximate surface area is 135 Å². The molecule has 0 aromatic heterocycles. The summed E-state index contributed by atoms with van der Waals surface area (Å²) in [4.78, 5) is 23.3. The lowest BCUT2D eigenvalue weighted by molar-refractivity contribution is -0.120. The van der Waals surface area contributed by atoms with Gasteiger partial charge >= 0.3 is 5.97 Å². The number of rotatable bonds is 4. The van der Waals surface area contributed by atoms with E-state index in [2.05, 4.69) is 10.1 Å². The molecule has 0 aliphatic rings. The number of anilines is 1. The lowest BCUT2D eigenvalue weighted by Crippen LogP contribution is -2.45. The molecule has 0 fully saturated rings. The first-order chi connectivity index (χ1) is 9.45. The smallest absolute Gasteiger partial charge is 0.337 e. The summed E-state index contributed by atoms with van der Waals surface area (Å²) < 4.78 is 27.8. The maximum Gasteiger partial charge on any atom is 0.337 e. The van der Waals surface area contributed by atoms with Gasteiger partial charge in [0, 0.05) is 11.9 Å². The van der Waals surface area contributed by atoms with Crippen LogP contribution in [0.2, 0.25) is 0 Å². The van der Waals surface area contributed by atoms with Crippen molar-refractivity contribution < 1.29 is 22.7 Å².